The predicted octanol–water partition coefficient (Wildman–Crippen LogP) is 12.5. The van der Waals surface area contributed by atoms with Gasteiger partial charge in [0.1, 0.15) is 5.52 Å². The van der Waals surface area contributed by atoms with Crippen molar-refractivity contribution < 1.29 is 4.42 Å². The first-order valence-corrected chi connectivity index (χ1v) is 18.0. The third-order valence-electron chi connectivity index (χ3n) is 9.95. The van der Waals surface area contributed by atoms with Crippen LogP contribution in [0.3, 0.4) is 0 Å². The zero-order valence-electron chi connectivity index (χ0n) is 27.6. The first-order valence-electron chi connectivity index (χ1n) is 17.2. The number of para-hydroxylation sites is 2. The molecule has 0 radical (unpaired) electrons. The minimum Gasteiger partial charge on any atom is -0.436 e. The maximum Gasteiger partial charge on any atom is 0.227 e. The molecule has 0 saturated carbocycles. The summed E-state index contributed by atoms with van der Waals surface area (Å²) < 4.78 is 8.51. The Morgan fingerprint density at radius 3 is 1.77 bits per heavy atom. The molecule has 3 heterocycles. The largest absolute Gasteiger partial charge is 0.436 e. The van der Waals surface area contributed by atoms with E-state index in [1.807, 2.05) is 42.5 Å². The molecule has 0 saturated heterocycles. The summed E-state index contributed by atoms with van der Waals surface area (Å²) in [7, 11) is 0. The number of aromatic nitrogens is 4. The van der Waals surface area contributed by atoms with Crippen LogP contribution in [-0.4, -0.2) is 19.9 Å². The molecule has 0 N–H and O–H groups in total. The van der Waals surface area contributed by atoms with E-state index in [1.54, 1.807) is 11.3 Å². The highest BCUT2D eigenvalue weighted by molar-refractivity contribution is 7.26. The van der Waals surface area contributed by atoms with Gasteiger partial charge in [-0.3, -0.25) is 0 Å². The molecule has 0 bridgehead atoms. The fourth-order valence-corrected chi connectivity index (χ4v) is 8.64. The van der Waals surface area contributed by atoms with Crippen LogP contribution < -0.4 is 0 Å². The van der Waals surface area contributed by atoms with Crippen molar-refractivity contribution in [1.82, 2.24) is 19.9 Å². The van der Waals surface area contributed by atoms with Gasteiger partial charge in [0.2, 0.25) is 5.89 Å². The first-order chi connectivity index (χ1) is 25.7. The van der Waals surface area contributed by atoms with Crippen LogP contribution >= 0.6 is 11.3 Å². The number of nitrogens with zero attached hydrogens (tertiary/aromatic N) is 4. The SMILES string of the molecule is c1ccc(-c2nc(-c3ccc4c5ccccc5c5ccccc5c4c3)nc(-c3cccc4sc5ccc(-c6nc7ccccc7o6)cc5c34)n2)cc1. The summed E-state index contributed by atoms with van der Waals surface area (Å²) in [5.74, 6) is 2.50. The Morgan fingerprint density at radius 1 is 0.385 bits per heavy atom. The summed E-state index contributed by atoms with van der Waals surface area (Å²) in [4.78, 5) is 20.3. The third-order valence-corrected chi connectivity index (χ3v) is 11.1. The fourth-order valence-electron chi connectivity index (χ4n) is 7.53. The summed E-state index contributed by atoms with van der Waals surface area (Å²) in [6, 6.07) is 54.7. The molecule has 0 aliphatic heterocycles. The van der Waals surface area contributed by atoms with Crippen LogP contribution in [-0.2, 0) is 0 Å². The lowest BCUT2D eigenvalue weighted by Crippen LogP contribution is -2.00. The van der Waals surface area contributed by atoms with E-state index in [4.69, 9.17) is 24.4 Å². The van der Waals surface area contributed by atoms with Crippen molar-refractivity contribution in [3.8, 4) is 45.6 Å². The molecule has 0 unspecified atom stereocenters. The molecule has 0 aliphatic rings. The number of benzene rings is 8. The molecule has 11 rings (SSSR count). The molecule has 11 aromatic rings. The second-order valence-corrected chi connectivity index (χ2v) is 14.1. The average molecular weight is 683 g/mol. The summed E-state index contributed by atoms with van der Waals surface area (Å²) in [5, 5.41) is 9.53. The van der Waals surface area contributed by atoms with E-state index in [1.165, 1.54) is 37.0 Å². The normalized spacial score (nSPS) is 11.8. The predicted molar refractivity (Wildman–Crippen MR) is 215 cm³/mol. The zero-order valence-corrected chi connectivity index (χ0v) is 28.4. The lowest BCUT2D eigenvalue weighted by atomic mass is 9.93. The van der Waals surface area contributed by atoms with E-state index in [0.29, 0.717) is 23.4 Å². The number of thiophene rings is 1. The van der Waals surface area contributed by atoms with Crippen molar-refractivity contribution in [2.24, 2.45) is 0 Å². The Balaban J connectivity index is 1.14. The summed E-state index contributed by atoms with van der Waals surface area (Å²) >= 11 is 1.76. The van der Waals surface area contributed by atoms with Gasteiger partial charge >= 0.3 is 0 Å². The maximum atomic E-state index is 6.18. The van der Waals surface area contributed by atoms with Crippen LogP contribution in [0.2, 0.25) is 0 Å². The van der Waals surface area contributed by atoms with Crippen LogP contribution in [0.1, 0.15) is 0 Å². The summed E-state index contributed by atoms with van der Waals surface area (Å²) in [6.07, 6.45) is 0. The Kier molecular flexibility index (Phi) is 6.35. The van der Waals surface area contributed by atoms with Gasteiger partial charge in [0.05, 0.1) is 0 Å². The molecule has 0 atom stereocenters. The van der Waals surface area contributed by atoms with Crippen molar-refractivity contribution in [3.05, 3.63) is 158 Å². The van der Waals surface area contributed by atoms with E-state index in [0.717, 1.165) is 48.8 Å². The Labute approximate surface area is 301 Å². The van der Waals surface area contributed by atoms with E-state index in [2.05, 4.69) is 115 Å². The molecule has 3 aromatic heterocycles. The minimum atomic E-state index is 0.602. The van der Waals surface area contributed by atoms with Crippen LogP contribution in [0.5, 0.6) is 0 Å². The van der Waals surface area contributed by atoms with Gasteiger partial charge < -0.3 is 4.42 Å². The highest BCUT2D eigenvalue weighted by Gasteiger charge is 2.19. The molecule has 0 amide bonds. The van der Waals surface area contributed by atoms with E-state index in [-0.39, 0.29) is 0 Å². The molecule has 0 spiro atoms. The molecule has 0 aliphatic carbocycles. The molecule has 242 valence electrons. The molecule has 6 heteroatoms. The van der Waals surface area contributed by atoms with Crippen molar-refractivity contribution in [3.63, 3.8) is 0 Å². The van der Waals surface area contributed by atoms with Gasteiger partial charge in [-0.2, -0.15) is 0 Å². The first kappa shape index (κ1) is 29.0. The third kappa shape index (κ3) is 4.55. The fraction of sp³-hybridized carbons (Fsp3) is 0. The lowest BCUT2D eigenvalue weighted by Gasteiger charge is -2.13. The highest BCUT2D eigenvalue weighted by atomic mass is 32.1. The van der Waals surface area contributed by atoms with Gasteiger partial charge in [-0.25, -0.2) is 19.9 Å². The van der Waals surface area contributed by atoms with Gasteiger partial charge in [0, 0.05) is 42.4 Å². The molecule has 52 heavy (non-hydrogen) atoms. The number of oxazole rings is 1. The highest BCUT2D eigenvalue weighted by Crippen LogP contribution is 2.42. The second-order valence-electron chi connectivity index (χ2n) is 13.0. The number of rotatable bonds is 4. The topological polar surface area (TPSA) is 64.7 Å². The zero-order chi connectivity index (χ0) is 34.2. The van der Waals surface area contributed by atoms with Crippen molar-refractivity contribution in [2.75, 3.05) is 0 Å². The summed E-state index contributed by atoms with van der Waals surface area (Å²) in [6.45, 7) is 0. The van der Waals surface area contributed by atoms with Crippen molar-refractivity contribution in [1.29, 1.82) is 0 Å². The Hall–Kier alpha value is -6.76. The quantitative estimate of drug-likeness (QED) is 0.173. The Bertz CT molecular complexity index is 3130. The van der Waals surface area contributed by atoms with Gasteiger partial charge in [-0.05, 0) is 74.8 Å². The summed E-state index contributed by atoms with van der Waals surface area (Å²) in [5.41, 5.74) is 5.37. The standard InChI is InChI=1S/C46H26N4OS/c1-2-11-27(12-3-1)43-48-44(28-21-23-34-32-15-5-4-13-30(32)31-14-6-7-16-33(31)36(34)25-28)50-45(49-43)35-17-10-20-41-42(35)37-26-29(22-24-40(37)52-41)46-47-38-18-8-9-19-39(38)51-46/h1-26H. The lowest BCUT2D eigenvalue weighted by molar-refractivity contribution is 0.620. The van der Waals surface area contributed by atoms with Gasteiger partial charge in [0.25, 0.3) is 0 Å². The monoisotopic (exact) mass is 682 g/mol. The van der Waals surface area contributed by atoms with E-state index >= 15 is 0 Å². The maximum absolute atomic E-state index is 6.18. The van der Waals surface area contributed by atoms with Crippen LogP contribution in [0.4, 0.5) is 0 Å². The van der Waals surface area contributed by atoms with E-state index in [9.17, 15) is 0 Å². The van der Waals surface area contributed by atoms with E-state index < -0.39 is 0 Å². The molecular formula is C46H26N4OS. The Morgan fingerprint density at radius 2 is 1.00 bits per heavy atom. The van der Waals surface area contributed by atoms with Crippen LogP contribution in [0.15, 0.2) is 162 Å². The molecule has 8 aromatic carbocycles. The number of hydrogen-bond acceptors (Lipinski definition) is 6. The van der Waals surface area contributed by atoms with Gasteiger partial charge in [-0.15, -0.1) is 11.3 Å². The number of fused-ring (bicyclic) bond motifs is 10. The van der Waals surface area contributed by atoms with Gasteiger partial charge in [-0.1, -0.05) is 115 Å². The van der Waals surface area contributed by atoms with Crippen molar-refractivity contribution in [2.45, 2.75) is 0 Å². The smallest absolute Gasteiger partial charge is 0.227 e. The van der Waals surface area contributed by atoms with Crippen LogP contribution in [0.25, 0.3) is 109 Å². The molecular weight excluding hydrogens is 657 g/mol. The van der Waals surface area contributed by atoms with Crippen LogP contribution in [0, 0.1) is 0 Å². The number of hydrogen-bond donors (Lipinski definition) is 0. The minimum absolute atomic E-state index is 0.602. The molecule has 5 nitrogen and oxygen atoms in total. The second kappa shape index (κ2) is 11.4. The molecule has 0 fully saturated rings. The van der Waals surface area contributed by atoms with Crippen molar-refractivity contribution >= 4 is 74.9 Å². The van der Waals surface area contributed by atoms with Gasteiger partial charge in [0.15, 0.2) is 23.1 Å². The average Bonchev–Trinajstić information content (AvgIpc) is 3.83.